The second-order valence-electron chi connectivity index (χ2n) is 15.7. The van der Waals surface area contributed by atoms with Crippen molar-refractivity contribution in [3.63, 3.8) is 0 Å². The van der Waals surface area contributed by atoms with Gasteiger partial charge in [0.15, 0.2) is 35.6 Å². The summed E-state index contributed by atoms with van der Waals surface area (Å²) in [6, 6.07) is 31.2. The maximum absolute atomic E-state index is 12.2. The van der Waals surface area contributed by atoms with Crippen molar-refractivity contribution in [2.45, 2.75) is 20.9 Å². The standard InChI is InChI=1S/C17H13BrClN3O4.C17H13BrClN3O3.C10H6BrClO2.C7H8BrN3O2.CH2O3.2CH4.2K.H/c1-24-17-10(18)5-6-12(21-17)16(20)22-25-8-13(23)15-7-9-11(19)3-2-4-14(9)26-15;1-23-17-10(18)5-6-12(21-17)16-20-13(8-24-22-16)15-7-9-11(19)3-2-4-14(9)25-15;11-5-8(13)10-4-6-7(12)2-1-3-9(6)14-10;1-13-7-4(8)2-3-5(10-7)6(9)11-12;2-1-4-3;;;;;/h2-7H,8H2,1H3,(H2,20,22);2-7,13H,8H2,1H3,(H,20,22);1-4H,5H2;2-3,12H,1H3,(H2,9,11);1,3H;2*1H4;;;/q;;;;;;;2*+1;-1/p-1. The third kappa shape index (κ3) is 21.6. The Hall–Kier alpha value is -4.07. The van der Waals surface area contributed by atoms with Gasteiger partial charge in [0, 0.05) is 16.2 Å². The molecule has 0 saturated heterocycles. The number of fused-ring (bicyclic) bond motifs is 3. The fourth-order valence-electron chi connectivity index (χ4n) is 6.72. The van der Waals surface area contributed by atoms with Crippen LogP contribution in [0.2, 0.25) is 15.1 Å². The Morgan fingerprint density at radius 3 is 1.59 bits per heavy atom. The van der Waals surface area contributed by atoms with Gasteiger partial charge in [-0.1, -0.05) is 94.1 Å². The molecule has 1 atom stereocenters. The van der Waals surface area contributed by atoms with Gasteiger partial charge in [-0.3, -0.25) is 24.2 Å². The molecule has 23 nitrogen and oxygen atoms in total. The van der Waals surface area contributed by atoms with Crippen molar-refractivity contribution in [1.82, 2.24) is 20.4 Å². The van der Waals surface area contributed by atoms with Crippen molar-refractivity contribution in [2.75, 3.05) is 39.9 Å². The zero-order valence-corrected chi connectivity index (χ0v) is 59.3. The number of nitrogens with zero attached hydrogens (tertiary/aromatic N) is 6. The molecule has 1 aliphatic rings. The summed E-state index contributed by atoms with van der Waals surface area (Å²) in [5.41, 5.74) is 17.2. The first kappa shape index (κ1) is 78.0. The number of hydrogen-bond donors (Lipinski definition) is 4. The number of aromatic nitrogens is 3. The number of furan rings is 3. The molecule has 7 heterocycles. The molecule has 6 aromatic heterocycles. The first-order chi connectivity index (χ1) is 39.5. The molecule has 0 radical (unpaired) electrons. The fourth-order valence-corrected chi connectivity index (χ4v) is 8.81. The summed E-state index contributed by atoms with van der Waals surface area (Å²) in [6.45, 7) is -0.180. The van der Waals surface area contributed by atoms with Crippen molar-refractivity contribution in [3.05, 3.63) is 172 Å². The zero-order valence-electron chi connectivity index (χ0n) is 45.4. The molecule has 0 aliphatic carbocycles. The molecule has 6 N–H and O–H groups in total. The second kappa shape index (κ2) is 39.1. The SMILES string of the molecule is C.C.COc1nc(/C(N)=N/O)ccc1Br.COc1nc(/C(N)=N/OCC(=O)c2cc3c(Cl)cccc3o2)ccc1Br.COc1nc(C2=NC(c3cc4c(Cl)cccc4o3)CON2)ccc1Br.O=C(CBr)c1cc2c(Cl)cccc2o1.O=CO[O-].[H-].[K+].[K+]. The minimum atomic E-state index is -0.393. The number of Topliss-reactive ketones (excluding diaryl/α,β-unsaturated/α-hetero) is 2. The maximum Gasteiger partial charge on any atom is 1.00 e. The van der Waals surface area contributed by atoms with E-state index < -0.39 is 5.78 Å². The number of nitrogens with one attached hydrogen (secondary N) is 1. The van der Waals surface area contributed by atoms with Gasteiger partial charge < -0.3 is 60.5 Å². The first-order valence-corrected chi connectivity index (χ1v) is 27.5. The van der Waals surface area contributed by atoms with Gasteiger partial charge in [-0.2, -0.15) is 0 Å². The number of ketones is 2. The van der Waals surface area contributed by atoms with Gasteiger partial charge >= 0.3 is 103 Å². The molecule has 9 aromatic rings. The van der Waals surface area contributed by atoms with E-state index in [4.69, 9.17) is 98.7 Å². The molecule has 0 bridgehead atoms. The third-order valence-corrected chi connectivity index (χ3v) is 13.8. The van der Waals surface area contributed by atoms with E-state index in [1.165, 1.54) is 14.2 Å². The molecule has 0 amide bonds. The molecule has 0 saturated carbocycles. The van der Waals surface area contributed by atoms with Crippen LogP contribution >= 0.6 is 98.5 Å². The number of hydroxylamine groups is 1. The number of rotatable bonds is 14. The second-order valence-corrected chi connectivity index (χ2v) is 20.0. The van der Waals surface area contributed by atoms with Crippen LogP contribution in [0.25, 0.3) is 32.9 Å². The minimum absolute atomic E-state index is 0. The number of aliphatic imine (C=N–C) groups is 1. The number of carbonyl (C=O) groups is 3. The number of carbonyl (C=O) groups excluding carboxylic acids is 3. The number of methoxy groups -OCH3 is 3. The largest absolute Gasteiger partial charge is 1.00 e. The average molecular weight is 1550 g/mol. The van der Waals surface area contributed by atoms with E-state index in [1.54, 1.807) is 79.9 Å². The van der Waals surface area contributed by atoms with Crippen LogP contribution in [0.3, 0.4) is 0 Å². The molecule has 0 fully saturated rings. The number of pyridine rings is 3. The van der Waals surface area contributed by atoms with Crippen molar-refractivity contribution in [2.24, 2.45) is 26.8 Å². The van der Waals surface area contributed by atoms with Crippen LogP contribution in [-0.2, 0) is 19.4 Å². The summed E-state index contributed by atoms with van der Waals surface area (Å²) in [6.07, 6.45) is 0. The van der Waals surface area contributed by atoms with E-state index in [0.29, 0.717) is 99.3 Å². The van der Waals surface area contributed by atoms with Crippen LogP contribution < -0.4 is 139 Å². The molecule has 32 heteroatoms. The number of halogens is 7. The summed E-state index contributed by atoms with van der Waals surface area (Å²) in [5.74, 6) is 2.36. The van der Waals surface area contributed by atoms with Gasteiger partial charge in [0.1, 0.15) is 52.2 Å². The predicted molar refractivity (Wildman–Crippen MR) is 331 cm³/mol. The van der Waals surface area contributed by atoms with Gasteiger partial charge in [-0.25, -0.2) is 20.4 Å². The van der Waals surface area contributed by atoms with Crippen molar-refractivity contribution in [3.8, 4) is 17.6 Å². The first-order valence-electron chi connectivity index (χ1n) is 22.9. The number of ether oxygens (including phenoxy) is 3. The van der Waals surface area contributed by atoms with E-state index in [9.17, 15) is 9.59 Å². The molecular weight excluding hydrogens is 1500 g/mol. The molecular formula is C54H50Br4Cl3K2N9O14. The smallest absolute Gasteiger partial charge is 1.00 e. The molecule has 1 aliphatic heterocycles. The average Bonchev–Trinajstić information content (AvgIpc) is 4.40. The Bertz CT molecular complexity index is 3830. The summed E-state index contributed by atoms with van der Waals surface area (Å²) < 4.78 is 34.1. The summed E-state index contributed by atoms with van der Waals surface area (Å²) in [7, 11) is 4.53. The topological polar surface area (TPSA) is 329 Å². The Morgan fingerprint density at radius 2 is 1.15 bits per heavy atom. The number of alkyl halides is 1. The number of hydrogen-bond acceptors (Lipinski definition) is 21. The molecule has 10 rings (SSSR count). The fraction of sp³-hybridized carbons (Fsp3) is 0.167. The Morgan fingerprint density at radius 1 is 0.709 bits per heavy atom. The van der Waals surface area contributed by atoms with Gasteiger partial charge in [-0.05, 0) is 139 Å². The van der Waals surface area contributed by atoms with E-state index >= 15 is 0 Å². The van der Waals surface area contributed by atoms with Crippen LogP contribution in [0.15, 0.2) is 151 Å². The van der Waals surface area contributed by atoms with Gasteiger partial charge in [0.05, 0.1) is 55.1 Å². The molecule has 446 valence electrons. The maximum atomic E-state index is 12.2. The van der Waals surface area contributed by atoms with Gasteiger partial charge in [0.25, 0.3) is 6.47 Å². The predicted octanol–water partition coefficient (Wildman–Crippen LogP) is 6.49. The van der Waals surface area contributed by atoms with Crippen LogP contribution in [-0.4, -0.2) is 95.6 Å². The summed E-state index contributed by atoms with van der Waals surface area (Å²) in [5, 5.41) is 27.6. The van der Waals surface area contributed by atoms with E-state index in [-0.39, 0.29) is 167 Å². The quantitative estimate of drug-likeness (QED) is 0.0104. The van der Waals surface area contributed by atoms with Crippen LogP contribution in [0, 0.1) is 0 Å². The van der Waals surface area contributed by atoms with E-state index in [0.717, 1.165) is 20.8 Å². The van der Waals surface area contributed by atoms with Crippen LogP contribution in [0.4, 0.5) is 0 Å². The van der Waals surface area contributed by atoms with Gasteiger partial charge in [-0.15, -0.1) is 0 Å². The Kier molecular flexibility index (Phi) is 35.5. The Balaban J connectivity index is 0.000000578. The van der Waals surface area contributed by atoms with Crippen LogP contribution in [0.5, 0.6) is 17.6 Å². The molecule has 3 aromatic carbocycles. The van der Waals surface area contributed by atoms with E-state index in [1.807, 2.05) is 36.4 Å². The van der Waals surface area contributed by atoms with E-state index in [2.05, 4.69) is 104 Å². The third-order valence-electron chi connectivity index (χ3n) is 10.5. The number of benzene rings is 3. The molecule has 1 unspecified atom stereocenters. The Labute approximate surface area is 626 Å². The van der Waals surface area contributed by atoms with Crippen molar-refractivity contribution < 1.29 is 171 Å². The normalized spacial score (nSPS) is 12.2. The monoisotopic (exact) mass is 1550 g/mol. The van der Waals surface area contributed by atoms with Gasteiger partial charge in [0.2, 0.25) is 29.2 Å². The molecule has 86 heavy (non-hydrogen) atoms. The summed E-state index contributed by atoms with van der Waals surface area (Å²) >= 11 is 31.2. The van der Waals surface area contributed by atoms with Crippen LogP contribution in [0.1, 0.15) is 66.3 Å². The minimum Gasteiger partial charge on any atom is -1.00 e. The number of nitrogens with two attached hydrogens (primary N) is 2. The molecule has 0 spiro atoms. The van der Waals surface area contributed by atoms with Crippen molar-refractivity contribution >= 4 is 167 Å². The number of oxime groups is 2. The van der Waals surface area contributed by atoms with Crippen molar-refractivity contribution in [1.29, 1.82) is 0 Å². The zero-order chi connectivity index (χ0) is 59.5. The number of amidine groups is 3. The summed E-state index contributed by atoms with van der Waals surface area (Å²) in [4.78, 5) is 62.4.